The number of rotatable bonds is 5. The number of benzene rings is 3. The van der Waals surface area contributed by atoms with Gasteiger partial charge in [0.15, 0.2) is 11.5 Å². The summed E-state index contributed by atoms with van der Waals surface area (Å²) in [6, 6.07) is 17.7. The van der Waals surface area contributed by atoms with Crippen LogP contribution >= 0.6 is 11.6 Å². The fourth-order valence-corrected chi connectivity index (χ4v) is 3.32. The molecule has 3 aromatic rings. The van der Waals surface area contributed by atoms with Crippen molar-refractivity contribution in [1.29, 1.82) is 0 Å². The van der Waals surface area contributed by atoms with E-state index in [4.69, 9.17) is 16.3 Å². The molecule has 0 saturated carbocycles. The first-order valence-electron chi connectivity index (χ1n) is 7.92. The summed E-state index contributed by atoms with van der Waals surface area (Å²) < 4.78 is 5.33. The molecule has 0 unspecified atom stereocenters. The van der Waals surface area contributed by atoms with E-state index in [0.717, 1.165) is 6.07 Å². The molecule has 0 radical (unpaired) electrons. The molecule has 3 aromatic carbocycles. The first kappa shape index (κ1) is 28.4. The Labute approximate surface area is 291 Å². The summed E-state index contributed by atoms with van der Waals surface area (Å²) in [5.74, 6) is -2.29. The van der Waals surface area contributed by atoms with E-state index in [1.807, 2.05) is 0 Å². The molecule has 3 N–H and O–H groups in total. The first-order chi connectivity index (χ1) is 12.9. The number of hydrogen-bond donors (Lipinski definition) is 3. The molecule has 29 heavy (non-hydrogen) atoms. The summed E-state index contributed by atoms with van der Waals surface area (Å²) in [5, 5.41) is 52.7. The average Bonchev–Trinajstić information content (AvgIpc) is 2.68. The van der Waals surface area contributed by atoms with Gasteiger partial charge in [-0.2, -0.15) is 0 Å². The largest absolute Gasteiger partial charge is 1.00 e. The van der Waals surface area contributed by atoms with Crippen molar-refractivity contribution in [2.24, 2.45) is 0 Å². The van der Waals surface area contributed by atoms with Crippen LogP contribution in [0.5, 0.6) is 17.2 Å². The van der Waals surface area contributed by atoms with Gasteiger partial charge in [-0.15, -0.1) is 0 Å². The minimum atomic E-state index is -2.71. The second-order valence-electron chi connectivity index (χ2n) is 5.77. The molecule has 0 aliphatic rings. The quantitative estimate of drug-likeness (QED) is 0.146. The summed E-state index contributed by atoms with van der Waals surface area (Å²) in [7, 11) is -2.71. The molecular formula is C19H14BClCs2O6. The Morgan fingerprint density at radius 3 is 1.66 bits per heavy atom. The summed E-state index contributed by atoms with van der Waals surface area (Å²) in [6.45, 7) is 0. The van der Waals surface area contributed by atoms with E-state index >= 15 is 0 Å². The van der Waals surface area contributed by atoms with E-state index in [1.165, 1.54) is 0 Å². The van der Waals surface area contributed by atoms with Crippen molar-refractivity contribution in [2.45, 2.75) is 5.60 Å². The van der Waals surface area contributed by atoms with Crippen LogP contribution < -0.4 is 148 Å². The molecule has 0 heterocycles. The molecule has 0 saturated heterocycles. The van der Waals surface area contributed by atoms with Gasteiger partial charge in [0.1, 0.15) is 5.60 Å². The molecule has 10 heteroatoms. The van der Waals surface area contributed by atoms with Crippen LogP contribution in [0, 0.1) is 0 Å². The predicted molar refractivity (Wildman–Crippen MR) is 96.1 cm³/mol. The summed E-state index contributed by atoms with van der Waals surface area (Å²) in [6.07, 6.45) is 0. The molecule has 0 aliphatic heterocycles. The van der Waals surface area contributed by atoms with Crippen molar-refractivity contribution < 1.29 is 168 Å². The third-order valence-electron chi connectivity index (χ3n) is 4.21. The minimum Gasteiger partial charge on any atom is -0.871 e. The molecule has 0 fully saturated rings. The summed E-state index contributed by atoms with van der Waals surface area (Å²) in [4.78, 5) is 0. The maximum Gasteiger partial charge on any atom is 1.00 e. The van der Waals surface area contributed by atoms with Gasteiger partial charge in [-0.3, -0.25) is 0 Å². The van der Waals surface area contributed by atoms with E-state index in [1.54, 1.807) is 60.7 Å². The molecule has 0 aliphatic carbocycles. The van der Waals surface area contributed by atoms with Gasteiger partial charge >= 0.3 is 138 Å². The number of aromatic hydroxyl groups is 3. The van der Waals surface area contributed by atoms with Crippen LogP contribution in [0.25, 0.3) is 0 Å². The van der Waals surface area contributed by atoms with E-state index in [-0.39, 0.29) is 148 Å². The van der Waals surface area contributed by atoms with Crippen molar-refractivity contribution in [2.75, 3.05) is 0 Å². The number of phenols is 3. The Bertz CT molecular complexity index is 905. The van der Waals surface area contributed by atoms with Gasteiger partial charge < -0.3 is 30.0 Å². The monoisotopic (exact) mass is 650 g/mol. The van der Waals surface area contributed by atoms with Gasteiger partial charge in [-0.1, -0.05) is 72.3 Å². The SMILES string of the molecule is [Cs+].[Cs+].[O-]B([O-])OC(c1ccccc1)(c1ccccc1)c1cc(O)c(O)c(O)c1Cl. The normalized spacial score (nSPS) is 10.6. The van der Waals surface area contributed by atoms with Crippen LogP contribution in [-0.2, 0) is 10.3 Å². The second-order valence-corrected chi connectivity index (χ2v) is 6.15. The van der Waals surface area contributed by atoms with Gasteiger partial charge in [-0.25, -0.2) is 0 Å². The predicted octanol–water partition coefficient (Wildman–Crippen LogP) is -4.52. The van der Waals surface area contributed by atoms with Crippen molar-refractivity contribution in [1.82, 2.24) is 0 Å². The molecule has 0 spiro atoms. The molecule has 3 rings (SSSR count). The molecular weight excluding hydrogens is 636 g/mol. The molecule has 0 bridgehead atoms. The zero-order chi connectivity index (χ0) is 19.6. The van der Waals surface area contributed by atoms with E-state index in [0.29, 0.717) is 11.1 Å². The zero-order valence-corrected chi connectivity index (χ0v) is 29.2. The van der Waals surface area contributed by atoms with Crippen molar-refractivity contribution >= 4 is 18.9 Å². The Hall–Kier alpha value is 1.40. The summed E-state index contributed by atoms with van der Waals surface area (Å²) >= 11 is 6.23. The number of hydrogen-bond acceptors (Lipinski definition) is 6. The van der Waals surface area contributed by atoms with E-state index < -0.39 is 30.2 Å². The standard InChI is InChI=1S/C19H14BClO6.2Cs/c21-16-14(11-15(22)17(23)18(16)24)19(27-20(25)26,12-7-3-1-4-8-12)13-9-5-2-6-10-13;;/h1-11,22-24H;;/q-2;2*+1. The van der Waals surface area contributed by atoms with Crippen molar-refractivity contribution in [3.05, 3.63) is 88.4 Å². The van der Waals surface area contributed by atoms with Crippen molar-refractivity contribution in [3.63, 3.8) is 0 Å². The zero-order valence-electron chi connectivity index (χ0n) is 15.9. The van der Waals surface area contributed by atoms with Gasteiger partial charge in [0.05, 0.1) is 12.3 Å². The fourth-order valence-electron chi connectivity index (χ4n) is 3.04. The maximum absolute atomic E-state index is 11.6. The number of halogens is 1. The Morgan fingerprint density at radius 1 is 0.793 bits per heavy atom. The van der Waals surface area contributed by atoms with Crippen LogP contribution in [0.2, 0.25) is 5.02 Å². The third-order valence-corrected chi connectivity index (χ3v) is 4.59. The number of phenolic OH excluding ortho intramolecular Hbond substituents is 3. The van der Waals surface area contributed by atoms with E-state index in [2.05, 4.69) is 0 Å². The van der Waals surface area contributed by atoms with Crippen molar-refractivity contribution in [3.8, 4) is 17.2 Å². The molecule has 6 nitrogen and oxygen atoms in total. The third kappa shape index (κ3) is 6.05. The molecule has 0 amide bonds. The van der Waals surface area contributed by atoms with Gasteiger partial charge in [0.25, 0.3) is 0 Å². The van der Waals surface area contributed by atoms with Crippen LogP contribution in [-0.4, -0.2) is 22.6 Å². The molecule has 138 valence electrons. The van der Waals surface area contributed by atoms with Crippen LogP contribution in [0.1, 0.15) is 16.7 Å². The van der Waals surface area contributed by atoms with Gasteiger partial charge in [0, 0.05) is 5.56 Å². The van der Waals surface area contributed by atoms with Crippen LogP contribution in [0.15, 0.2) is 66.7 Å². The maximum atomic E-state index is 11.6. The Kier molecular flexibility index (Phi) is 12.3. The average molecular weight is 650 g/mol. The fraction of sp³-hybridized carbons (Fsp3) is 0.0526. The topological polar surface area (TPSA) is 116 Å². The van der Waals surface area contributed by atoms with Gasteiger partial charge in [-0.05, 0) is 17.2 Å². The van der Waals surface area contributed by atoms with Crippen LogP contribution in [0.3, 0.4) is 0 Å². The molecule has 0 atom stereocenters. The summed E-state index contributed by atoms with van der Waals surface area (Å²) in [5.41, 5.74) is -1.14. The molecule has 0 aromatic heterocycles. The Morgan fingerprint density at radius 2 is 1.24 bits per heavy atom. The minimum absolute atomic E-state index is 0. The van der Waals surface area contributed by atoms with E-state index in [9.17, 15) is 25.4 Å². The van der Waals surface area contributed by atoms with Crippen LogP contribution in [0.4, 0.5) is 0 Å². The van der Waals surface area contributed by atoms with Gasteiger partial charge in [0.2, 0.25) is 5.75 Å². The first-order valence-corrected chi connectivity index (χ1v) is 8.30. The second kappa shape index (κ2) is 12.6. The Balaban J connectivity index is 0.00000210. The smallest absolute Gasteiger partial charge is 0.871 e.